The molecule has 0 aromatic heterocycles. The number of hydrogen-bond acceptors (Lipinski definition) is 2. The smallest absolute Gasteiger partial charge is 0.396 e. The number of hydrogen-bond donors (Lipinski definition) is 1. The van der Waals surface area contributed by atoms with E-state index in [2.05, 4.69) is 0 Å². The molecule has 3 nitrogen and oxygen atoms in total. The van der Waals surface area contributed by atoms with E-state index in [-0.39, 0.29) is 25.6 Å². The van der Waals surface area contributed by atoms with Crippen LogP contribution in [0.1, 0.15) is 6.42 Å². The van der Waals surface area contributed by atoms with Gasteiger partial charge in [-0.25, -0.2) is 0 Å². The van der Waals surface area contributed by atoms with Crippen LogP contribution in [0.5, 0.6) is 0 Å². The molecule has 1 aliphatic rings. The van der Waals surface area contributed by atoms with Crippen LogP contribution in [0.15, 0.2) is 0 Å². The maximum atomic E-state index is 11.8. The van der Waals surface area contributed by atoms with Gasteiger partial charge in [0, 0.05) is 19.7 Å². The third-order valence-corrected chi connectivity index (χ3v) is 2.02. The van der Waals surface area contributed by atoms with Gasteiger partial charge >= 0.3 is 12.1 Å². The van der Waals surface area contributed by atoms with Crippen molar-refractivity contribution >= 4 is 5.91 Å². The second-order valence-electron chi connectivity index (χ2n) is 3.09. The molecule has 0 aliphatic carbocycles. The lowest BCUT2D eigenvalue weighted by molar-refractivity contribution is -0.191. The van der Waals surface area contributed by atoms with Crippen LogP contribution in [0.25, 0.3) is 0 Å². The number of rotatable bonds is 2. The summed E-state index contributed by atoms with van der Waals surface area (Å²) in [5, 5.41) is 8.46. The van der Waals surface area contributed by atoms with Crippen LogP contribution in [-0.2, 0) is 4.79 Å². The van der Waals surface area contributed by atoms with E-state index in [1.807, 2.05) is 0 Å². The van der Waals surface area contributed by atoms with Crippen molar-refractivity contribution < 1.29 is 23.1 Å². The van der Waals surface area contributed by atoms with Gasteiger partial charge < -0.3 is 10.0 Å². The van der Waals surface area contributed by atoms with Gasteiger partial charge in [0.05, 0.1) is 0 Å². The molecule has 0 radical (unpaired) electrons. The third-order valence-electron chi connectivity index (χ3n) is 2.02. The van der Waals surface area contributed by atoms with E-state index in [0.29, 0.717) is 6.42 Å². The topological polar surface area (TPSA) is 40.5 Å². The van der Waals surface area contributed by atoms with Gasteiger partial charge in [0.2, 0.25) is 0 Å². The molecule has 0 aromatic rings. The largest absolute Gasteiger partial charge is 0.471 e. The Hall–Kier alpha value is -0.780. The van der Waals surface area contributed by atoms with Crippen molar-refractivity contribution in [2.45, 2.75) is 12.6 Å². The first-order chi connectivity index (χ1) is 5.95. The first-order valence-electron chi connectivity index (χ1n) is 3.92. The summed E-state index contributed by atoms with van der Waals surface area (Å²) in [5.74, 6) is -1.75. The SMILES string of the molecule is O=C(N1CC(CCO)C1)C(F)(F)F. The number of carbonyl (C=O) groups is 1. The lowest BCUT2D eigenvalue weighted by atomic mass is 9.97. The summed E-state index contributed by atoms with van der Waals surface area (Å²) >= 11 is 0. The summed E-state index contributed by atoms with van der Waals surface area (Å²) in [6.45, 7) is 0.177. The Morgan fingerprint density at radius 1 is 1.46 bits per heavy atom. The molecular formula is C7H10F3NO2. The molecule has 1 rings (SSSR count). The Morgan fingerprint density at radius 3 is 2.38 bits per heavy atom. The molecule has 0 spiro atoms. The minimum absolute atomic E-state index is 0.0244. The van der Waals surface area contributed by atoms with Crippen LogP contribution in [0.4, 0.5) is 13.2 Å². The molecule has 1 fully saturated rings. The number of nitrogens with zero attached hydrogens (tertiary/aromatic N) is 1. The highest BCUT2D eigenvalue weighted by Crippen LogP contribution is 2.25. The number of halogens is 3. The van der Waals surface area contributed by atoms with Crippen molar-refractivity contribution in [2.75, 3.05) is 19.7 Å². The second kappa shape index (κ2) is 3.53. The van der Waals surface area contributed by atoms with E-state index in [9.17, 15) is 18.0 Å². The second-order valence-corrected chi connectivity index (χ2v) is 3.09. The van der Waals surface area contributed by atoms with Crippen LogP contribution in [-0.4, -0.2) is 41.8 Å². The van der Waals surface area contributed by atoms with Crippen LogP contribution in [0.2, 0.25) is 0 Å². The van der Waals surface area contributed by atoms with Crippen molar-refractivity contribution in [3.05, 3.63) is 0 Å². The third kappa shape index (κ3) is 2.33. The van der Waals surface area contributed by atoms with Crippen molar-refractivity contribution in [3.63, 3.8) is 0 Å². The number of likely N-dealkylation sites (tertiary alicyclic amines) is 1. The molecule has 13 heavy (non-hydrogen) atoms. The highest BCUT2D eigenvalue weighted by atomic mass is 19.4. The van der Waals surface area contributed by atoms with Crippen LogP contribution < -0.4 is 0 Å². The van der Waals surface area contributed by atoms with Crippen molar-refractivity contribution in [3.8, 4) is 0 Å². The first-order valence-corrected chi connectivity index (χ1v) is 3.92. The molecule has 0 unspecified atom stereocenters. The Labute approximate surface area is 73.1 Å². The van der Waals surface area contributed by atoms with E-state index in [1.54, 1.807) is 0 Å². The molecule has 0 saturated carbocycles. The predicted molar refractivity (Wildman–Crippen MR) is 37.8 cm³/mol. The Balaban J connectivity index is 2.31. The highest BCUT2D eigenvalue weighted by molar-refractivity contribution is 5.82. The first kappa shape index (κ1) is 10.3. The normalized spacial score (nSPS) is 18.6. The highest BCUT2D eigenvalue weighted by Gasteiger charge is 2.46. The Morgan fingerprint density at radius 2 is 2.00 bits per heavy atom. The zero-order valence-electron chi connectivity index (χ0n) is 6.84. The van der Waals surface area contributed by atoms with Crippen LogP contribution in [0, 0.1) is 5.92 Å². The van der Waals surface area contributed by atoms with Gasteiger partial charge in [0.1, 0.15) is 0 Å². The fourth-order valence-corrected chi connectivity index (χ4v) is 1.28. The maximum Gasteiger partial charge on any atom is 0.471 e. The van der Waals surface area contributed by atoms with Gasteiger partial charge in [-0.2, -0.15) is 13.2 Å². The molecule has 0 bridgehead atoms. The molecule has 6 heteroatoms. The number of aliphatic hydroxyl groups excluding tert-OH is 1. The van der Waals surface area contributed by atoms with Crippen molar-refractivity contribution in [2.24, 2.45) is 5.92 Å². The number of aliphatic hydroxyl groups is 1. The fourth-order valence-electron chi connectivity index (χ4n) is 1.28. The van der Waals surface area contributed by atoms with Gasteiger partial charge in [-0.05, 0) is 12.3 Å². The van der Waals surface area contributed by atoms with E-state index in [0.717, 1.165) is 4.90 Å². The summed E-state index contributed by atoms with van der Waals surface area (Å²) in [7, 11) is 0. The summed E-state index contributed by atoms with van der Waals surface area (Å²) in [5.41, 5.74) is 0. The standard InChI is InChI=1S/C7H10F3NO2/c8-7(9,10)6(13)11-3-5(4-11)1-2-12/h5,12H,1-4H2. The molecule has 0 aromatic carbocycles. The zero-order chi connectivity index (χ0) is 10.1. The minimum atomic E-state index is -4.76. The quantitative estimate of drug-likeness (QED) is 0.695. The molecule has 1 amide bonds. The van der Waals surface area contributed by atoms with Crippen LogP contribution >= 0.6 is 0 Å². The summed E-state index contributed by atoms with van der Waals surface area (Å²) in [6, 6.07) is 0. The number of alkyl halides is 3. The van der Waals surface area contributed by atoms with Gasteiger partial charge in [-0.3, -0.25) is 4.79 Å². The van der Waals surface area contributed by atoms with Crippen molar-refractivity contribution in [1.82, 2.24) is 4.90 Å². The summed E-state index contributed by atoms with van der Waals surface area (Å²) < 4.78 is 35.4. The van der Waals surface area contributed by atoms with Gasteiger partial charge in [0.15, 0.2) is 0 Å². The molecule has 1 aliphatic heterocycles. The molecule has 0 atom stereocenters. The molecule has 1 saturated heterocycles. The predicted octanol–water partition coefficient (Wildman–Crippen LogP) is 0.390. The molecular weight excluding hydrogens is 187 g/mol. The van der Waals surface area contributed by atoms with Gasteiger partial charge in [-0.1, -0.05) is 0 Å². The van der Waals surface area contributed by atoms with Gasteiger partial charge in [-0.15, -0.1) is 0 Å². The van der Waals surface area contributed by atoms with E-state index in [1.165, 1.54) is 0 Å². The van der Waals surface area contributed by atoms with E-state index < -0.39 is 12.1 Å². The average Bonchev–Trinajstić information content (AvgIpc) is 1.92. The zero-order valence-corrected chi connectivity index (χ0v) is 6.84. The minimum Gasteiger partial charge on any atom is -0.396 e. The monoisotopic (exact) mass is 197 g/mol. The summed E-state index contributed by atoms with van der Waals surface area (Å²) in [6.07, 6.45) is -4.30. The Bertz CT molecular complexity index is 198. The van der Waals surface area contributed by atoms with E-state index in [4.69, 9.17) is 5.11 Å². The molecule has 76 valence electrons. The number of amides is 1. The lowest BCUT2D eigenvalue weighted by Gasteiger charge is -2.39. The van der Waals surface area contributed by atoms with Gasteiger partial charge in [0.25, 0.3) is 0 Å². The Kier molecular flexibility index (Phi) is 2.80. The fraction of sp³-hybridized carbons (Fsp3) is 0.857. The molecule has 1 heterocycles. The number of carbonyl (C=O) groups excluding carboxylic acids is 1. The molecule has 1 N–H and O–H groups in total. The van der Waals surface area contributed by atoms with Crippen molar-refractivity contribution in [1.29, 1.82) is 0 Å². The van der Waals surface area contributed by atoms with Crippen LogP contribution in [0.3, 0.4) is 0 Å². The lowest BCUT2D eigenvalue weighted by Crippen LogP contribution is -2.54. The maximum absolute atomic E-state index is 11.8. The average molecular weight is 197 g/mol. The summed E-state index contributed by atoms with van der Waals surface area (Å²) in [4.78, 5) is 11.3. The van der Waals surface area contributed by atoms with E-state index >= 15 is 0 Å².